The van der Waals surface area contributed by atoms with Gasteiger partial charge in [-0.2, -0.15) is 5.26 Å². The molecule has 0 unspecified atom stereocenters. The second-order valence-corrected chi connectivity index (χ2v) is 7.73. The van der Waals surface area contributed by atoms with Crippen LogP contribution in [0.4, 0.5) is 4.79 Å². The van der Waals surface area contributed by atoms with Gasteiger partial charge < -0.3 is 14.5 Å². The van der Waals surface area contributed by atoms with E-state index in [-0.39, 0.29) is 17.9 Å². The number of benzene rings is 1. The summed E-state index contributed by atoms with van der Waals surface area (Å²) < 4.78 is 5.42. The van der Waals surface area contributed by atoms with Crippen LogP contribution < -0.4 is 0 Å². The van der Waals surface area contributed by atoms with Crippen molar-refractivity contribution in [3.8, 4) is 6.07 Å². The number of likely N-dealkylation sites (tertiary alicyclic amines) is 1. The average molecular weight is 357 g/mol. The van der Waals surface area contributed by atoms with Crippen molar-refractivity contribution >= 4 is 12.0 Å². The zero-order valence-electron chi connectivity index (χ0n) is 16.0. The van der Waals surface area contributed by atoms with Crippen LogP contribution in [0, 0.1) is 17.2 Å². The number of hydrogen-bond acceptors (Lipinski definition) is 4. The van der Waals surface area contributed by atoms with E-state index in [0.717, 1.165) is 18.4 Å². The number of piperidine rings is 1. The van der Waals surface area contributed by atoms with Crippen molar-refractivity contribution in [2.24, 2.45) is 5.92 Å². The number of rotatable bonds is 3. The Hall–Kier alpha value is -2.55. The van der Waals surface area contributed by atoms with Gasteiger partial charge in [-0.05, 0) is 45.2 Å². The lowest BCUT2D eigenvalue weighted by molar-refractivity contribution is -0.136. The molecule has 0 spiro atoms. The summed E-state index contributed by atoms with van der Waals surface area (Å²) in [5.41, 5.74) is 0.850. The zero-order valence-corrected chi connectivity index (χ0v) is 16.0. The van der Waals surface area contributed by atoms with Gasteiger partial charge in [0.1, 0.15) is 5.60 Å². The molecule has 140 valence electrons. The fourth-order valence-corrected chi connectivity index (χ4v) is 3.08. The van der Waals surface area contributed by atoms with Crippen molar-refractivity contribution in [2.45, 2.75) is 45.8 Å². The monoisotopic (exact) mass is 357 g/mol. The van der Waals surface area contributed by atoms with E-state index >= 15 is 0 Å². The minimum atomic E-state index is -0.550. The van der Waals surface area contributed by atoms with Gasteiger partial charge in [0.2, 0.25) is 5.91 Å². The van der Waals surface area contributed by atoms with E-state index in [4.69, 9.17) is 4.74 Å². The molecule has 0 N–H and O–H groups in total. The number of nitrogens with zero attached hydrogens (tertiary/aromatic N) is 3. The van der Waals surface area contributed by atoms with Crippen molar-refractivity contribution in [1.82, 2.24) is 9.80 Å². The molecule has 1 atom stereocenters. The Balaban J connectivity index is 2.00. The molecule has 6 nitrogen and oxygen atoms in total. The molecule has 6 heteroatoms. The van der Waals surface area contributed by atoms with Crippen molar-refractivity contribution < 1.29 is 14.3 Å². The third-order valence-electron chi connectivity index (χ3n) is 4.34. The largest absolute Gasteiger partial charge is 0.444 e. The van der Waals surface area contributed by atoms with Crippen LogP contribution in [0.25, 0.3) is 0 Å². The molecule has 1 aromatic rings. The fourth-order valence-electron chi connectivity index (χ4n) is 3.08. The Morgan fingerprint density at radius 1 is 1.35 bits per heavy atom. The van der Waals surface area contributed by atoms with E-state index in [1.165, 1.54) is 0 Å². The second-order valence-electron chi connectivity index (χ2n) is 7.73. The third-order valence-corrected chi connectivity index (χ3v) is 4.34. The predicted octanol–water partition coefficient (Wildman–Crippen LogP) is 3.16. The highest BCUT2D eigenvalue weighted by molar-refractivity contribution is 5.80. The van der Waals surface area contributed by atoms with Gasteiger partial charge in [0.15, 0.2) is 0 Å². The second kappa shape index (κ2) is 8.22. The van der Waals surface area contributed by atoms with E-state index in [1.54, 1.807) is 22.9 Å². The Morgan fingerprint density at radius 3 is 2.69 bits per heavy atom. The highest BCUT2D eigenvalue weighted by Crippen LogP contribution is 2.22. The summed E-state index contributed by atoms with van der Waals surface area (Å²) in [7, 11) is 1.74. The molecule has 0 saturated carbocycles. The van der Waals surface area contributed by atoms with E-state index in [2.05, 4.69) is 6.07 Å². The van der Waals surface area contributed by atoms with Crippen LogP contribution in [0.3, 0.4) is 0 Å². The maximum Gasteiger partial charge on any atom is 0.410 e. The van der Waals surface area contributed by atoms with E-state index in [0.29, 0.717) is 25.2 Å². The molecule has 0 radical (unpaired) electrons. The summed E-state index contributed by atoms with van der Waals surface area (Å²) in [6.45, 7) is 6.86. The van der Waals surface area contributed by atoms with E-state index < -0.39 is 5.60 Å². The molecule has 1 heterocycles. The predicted molar refractivity (Wildman–Crippen MR) is 98.2 cm³/mol. The first-order chi connectivity index (χ1) is 12.2. The molecule has 2 amide bonds. The van der Waals surface area contributed by atoms with Crippen LogP contribution in [0.15, 0.2) is 24.3 Å². The van der Waals surface area contributed by atoms with Crippen molar-refractivity contribution in [2.75, 3.05) is 20.1 Å². The lowest BCUT2D eigenvalue weighted by Crippen LogP contribution is -2.47. The van der Waals surface area contributed by atoms with Crippen molar-refractivity contribution in [3.05, 3.63) is 35.4 Å². The molecule has 1 aliphatic heterocycles. The standard InChI is InChI=1S/C20H27N3O3/c1-20(2,3)26-19(25)23-11-7-10-17(14-23)18(24)22(4)13-16-9-6-5-8-15(16)12-21/h5-6,8-9,17H,7,10-11,13-14H2,1-4H3/t17-/m1/s1. The van der Waals surface area contributed by atoms with Crippen LogP contribution in [0.2, 0.25) is 0 Å². The molecular formula is C20H27N3O3. The molecular weight excluding hydrogens is 330 g/mol. The number of carbonyl (C=O) groups excluding carboxylic acids is 2. The Morgan fingerprint density at radius 2 is 2.04 bits per heavy atom. The summed E-state index contributed by atoms with van der Waals surface area (Å²) in [5.74, 6) is -0.249. The zero-order chi connectivity index (χ0) is 19.3. The number of ether oxygens (including phenoxy) is 1. The van der Waals surface area contributed by atoms with Gasteiger partial charge in [-0.3, -0.25) is 4.79 Å². The van der Waals surface area contributed by atoms with Crippen LogP contribution in [-0.4, -0.2) is 47.5 Å². The highest BCUT2D eigenvalue weighted by Gasteiger charge is 2.32. The van der Waals surface area contributed by atoms with Gasteiger partial charge in [0.05, 0.1) is 17.6 Å². The number of hydrogen-bond donors (Lipinski definition) is 0. The summed E-state index contributed by atoms with van der Waals surface area (Å²) in [4.78, 5) is 28.3. The normalized spacial score (nSPS) is 17.3. The highest BCUT2D eigenvalue weighted by atomic mass is 16.6. The quantitative estimate of drug-likeness (QED) is 0.833. The van der Waals surface area contributed by atoms with Crippen molar-refractivity contribution in [3.63, 3.8) is 0 Å². The summed E-state index contributed by atoms with van der Waals surface area (Å²) in [6.07, 6.45) is 1.16. The summed E-state index contributed by atoms with van der Waals surface area (Å²) in [5, 5.41) is 9.20. The lowest BCUT2D eigenvalue weighted by Gasteiger charge is -2.35. The number of carbonyl (C=O) groups is 2. The molecule has 26 heavy (non-hydrogen) atoms. The third kappa shape index (κ3) is 5.22. The maximum absolute atomic E-state index is 12.8. The molecule has 1 fully saturated rings. The molecule has 1 aliphatic rings. The first kappa shape index (κ1) is 19.8. The maximum atomic E-state index is 12.8. The molecule has 0 aliphatic carbocycles. The van der Waals surface area contributed by atoms with Gasteiger partial charge in [0.25, 0.3) is 0 Å². The summed E-state index contributed by atoms with van der Waals surface area (Å²) >= 11 is 0. The van der Waals surface area contributed by atoms with Gasteiger partial charge >= 0.3 is 6.09 Å². The fraction of sp³-hybridized carbons (Fsp3) is 0.550. The first-order valence-electron chi connectivity index (χ1n) is 8.92. The van der Waals surface area contributed by atoms with Crippen LogP contribution >= 0.6 is 0 Å². The first-order valence-corrected chi connectivity index (χ1v) is 8.92. The molecule has 1 aromatic carbocycles. The van der Waals surface area contributed by atoms with E-state index in [1.807, 2.05) is 39.0 Å². The minimum Gasteiger partial charge on any atom is -0.444 e. The smallest absolute Gasteiger partial charge is 0.410 e. The Bertz CT molecular complexity index is 703. The summed E-state index contributed by atoms with van der Waals surface area (Å²) in [6, 6.07) is 9.43. The van der Waals surface area contributed by atoms with Gasteiger partial charge in [0, 0.05) is 26.7 Å². The van der Waals surface area contributed by atoms with Gasteiger partial charge in [-0.1, -0.05) is 18.2 Å². The van der Waals surface area contributed by atoms with Crippen molar-refractivity contribution in [1.29, 1.82) is 5.26 Å². The van der Waals surface area contributed by atoms with Crippen LogP contribution in [-0.2, 0) is 16.1 Å². The van der Waals surface area contributed by atoms with Gasteiger partial charge in [-0.15, -0.1) is 0 Å². The van der Waals surface area contributed by atoms with Crippen LogP contribution in [0.1, 0.15) is 44.7 Å². The molecule has 0 bridgehead atoms. The number of nitriles is 1. The number of amides is 2. The SMILES string of the molecule is CN(Cc1ccccc1C#N)C(=O)[C@@H]1CCCN(C(=O)OC(C)(C)C)C1. The lowest BCUT2D eigenvalue weighted by atomic mass is 9.96. The molecule has 2 rings (SSSR count). The van der Waals surface area contributed by atoms with E-state index in [9.17, 15) is 14.9 Å². The van der Waals surface area contributed by atoms with Crippen LogP contribution in [0.5, 0.6) is 0 Å². The minimum absolute atomic E-state index is 0.00833. The Labute approximate surface area is 155 Å². The average Bonchev–Trinajstić information content (AvgIpc) is 2.60. The Kier molecular flexibility index (Phi) is 6.25. The topological polar surface area (TPSA) is 73.6 Å². The van der Waals surface area contributed by atoms with Gasteiger partial charge in [-0.25, -0.2) is 4.79 Å². The molecule has 1 saturated heterocycles. The molecule has 0 aromatic heterocycles.